The zero-order valence-electron chi connectivity index (χ0n) is 14.3. The molecule has 0 atom stereocenters. The first-order chi connectivity index (χ1) is 12.0. The molecule has 2 aromatic rings. The zero-order chi connectivity index (χ0) is 18.0. The third kappa shape index (κ3) is 3.77. The lowest BCUT2D eigenvalue weighted by Crippen LogP contribution is -2.23. The Morgan fingerprint density at radius 1 is 1.16 bits per heavy atom. The Kier molecular flexibility index (Phi) is 4.95. The Labute approximate surface area is 152 Å². The molecule has 1 heterocycles. The molecule has 0 aromatic heterocycles. The number of hydrogen-bond acceptors (Lipinski definition) is 3. The second-order valence-corrected chi connectivity index (χ2v) is 6.64. The molecule has 6 heteroatoms. The number of amides is 2. The minimum atomic E-state index is -0.218. The van der Waals surface area contributed by atoms with Crippen LogP contribution < -0.4 is 15.1 Å². The third-order valence-corrected chi connectivity index (χ3v) is 4.44. The van der Waals surface area contributed by atoms with Gasteiger partial charge in [0.2, 0.25) is 5.91 Å². The zero-order valence-corrected chi connectivity index (χ0v) is 15.0. The standard InChI is InChI=1S/C19H20ClN3O2/c1-22(2)17-10-7-14(20)12-16(17)21-19(25)13-5-8-15(9-6-13)23-11-3-4-18(23)24/h5-10,12H,3-4,11H2,1-2H3,(H,21,25). The van der Waals surface area contributed by atoms with Gasteiger partial charge in [-0.1, -0.05) is 11.6 Å². The molecule has 3 rings (SSSR count). The van der Waals surface area contributed by atoms with Gasteiger partial charge in [-0.2, -0.15) is 0 Å². The molecule has 130 valence electrons. The van der Waals surface area contributed by atoms with Gasteiger partial charge in [-0.15, -0.1) is 0 Å². The van der Waals surface area contributed by atoms with Crippen molar-refractivity contribution in [2.45, 2.75) is 12.8 Å². The number of hydrogen-bond donors (Lipinski definition) is 1. The van der Waals surface area contributed by atoms with Gasteiger partial charge >= 0.3 is 0 Å². The van der Waals surface area contributed by atoms with Gasteiger partial charge in [0.15, 0.2) is 0 Å². The number of anilines is 3. The van der Waals surface area contributed by atoms with Crippen molar-refractivity contribution in [3.8, 4) is 0 Å². The molecule has 0 saturated carbocycles. The first-order valence-electron chi connectivity index (χ1n) is 8.14. The summed E-state index contributed by atoms with van der Waals surface area (Å²) in [7, 11) is 3.81. The van der Waals surface area contributed by atoms with Gasteiger partial charge in [-0.25, -0.2) is 0 Å². The van der Waals surface area contributed by atoms with Gasteiger partial charge in [0.1, 0.15) is 0 Å². The summed E-state index contributed by atoms with van der Waals surface area (Å²) in [6.45, 7) is 0.735. The monoisotopic (exact) mass is 357 g/mol. The van der Waals surface area contributed by atoms with Crippen LogP contribution in [-0.4, -0.2) is 32.5 Å². The summed E-state index contributed by atoms with van der Waals surface area (Å²) in [5, 5.41) is 3.46. The van der Waals surface area contributed by atoms with E-state index in [1.54, 1.807) is 29.2 Å². The van der Waals surface area contributed by atoms with Crippen molar-refractivity contribution in [2.24, 2.45) is 0 Å². The quantitative estimate of drug-likeness (QED) is 0.905. The topological polar surface area (TPSA) is 52.7 Å². The van der Waals surface area contributed by atoms with Crippen molar-refractivity contribution in [3.63, 3.8) is 0 Å². The summed E-state index contributed by atoms with van der Waals surface area (Å²) in [4.78, 5) is 28.0. The lowest BCUT2D eigenvalue weighted by atomic mass is 10.1. The molecule has 0 aliphatic carbocycles. The van der Waals surface area contributed by atoms with Crippen LogP contribution in [0, 0.1) is 0 Å². The van der Waals surface area contributed by atoms with Crippen LogP contribution in [0.5, 0.6) is 0 Å². The van der Waals surface area contributed by atoms with Gasteiger partial charge < -0.3 is 15.1 Å². The average Bonchev–Trinajstić information content (AvgIpc) is 3.01. The molecule has 2 amide bonds. The summed E-state index contributed by atoms with van der Waals surface area (Å²) in [6, 6.07) is 12.5. The highest BCUT2D eigenvalue weighted by atomic mass is 35.5. The fraction of sp³-hybridized carbons (Fsp3) is 0.263. The Balaban J connectivity index is 1.78. The minimum Gasteiger partial charge on any atom is -0.376 e. The first-order valence-corrected chi connectivity index (χ1v) is 8.52. The SMILES string of the molecule is CN(C)c1ccc(Cl)cc1NC(=O)c1ccc(N2CCCC2=O)cc1. The Morgan fingerprint density at radius 3 is 2.48 bits per heavy atom. The van der Waals surface area contributed by atoms with Gasteiger partial charge in [0.25, 0.3) is 5.91 Å². The van der Waals surface area contributed by atoms with E-state index in [0.717, 1.165) is 24.3 Å². The molecule has 5 nitrogen and oxygen atoms in total. The number of nitrogens with zero attached hydrogens (tertiary/aromatic N) is 2. The van der Waals surface area contributed by atoms with E-state index in [0.29, 0.717) is 22.7 Å². The number of halogens is 1. The molecule has 1 N–H and O–H groups in total. The Bertz CT molecular complexity index is 803. The Morgan fingerprint density at radius 2 is 1.88 bits per heavy atom. The van der Waals surface area contributed by atoms with E-state index in [9.17, 15) is 9.59 Å². The highest BCUT2D eigenvalue weighted by molar-refractivity contribution is 6.31. The predicted molar refractivity (Wildman–Crippen MR) is 102 cm³/mol. The lowest BCUT2D eigenvalue weighted by molar-refractivity contribution is -0.117. The van der Waals surface area contributed by atoms with Crippen LogP contribution in [0.1, 0.15) is 23.2 Å². The summed E-state index contributed by atoms with van der Waals surface area (Å²) in [6.07, 6.45) is 1.47. The number of carbonyl (C=O) groups excluding carboxylic acids is 2. The number of rotatable bonds is 4. The first kappa shape index (κ1) is 17.3. The normalized spacial score (nSPS) is 13.9. The van der Waals surface area contributed by atoms with Crippen LogP contribution in [0.2, 0.25) is 5.02 Å². The molecule has 0 radical (unpaired) electrons. The van der Waals surface area contributed by atoms with Crippen LogP contribution in [0.4, 0.5) is 17.1 Å². The van der Waals surface area contributed by atoms with E-state index >= 15 is 0 Å². The second-order valence-electron chi connectivity index (χ2n) is 6.21. The van der Waals surface area contributed by atoms with Crippen molar-refractivity contribution >= 4 is 40.5 Å². The second kappa shape index (κ2) is 7.15. The highest BCUT2D eigenvalue weighted by Gasteiger charge is 2.21. The molecular weight excluding hydrogens is 338 g/mol. The van der Waals surface area contributed by atoms with Crippen LogP contribution in [-0.2, 0) is 4.79 Å². The molecule has 1 fully saturated rings. The largest absolute Gasteiger partial charge is 0.376 e. The smallest absolute Gasteiger partial charge is 0.255 e. The molecule has 1 aliphatic rings. The van der Waals surface area contributed by atoms with Crippen molar-refractivity contribution in [2.75, 3.05) is 35.8 Å². The number of carbonyl (C=O) groups is 2. The maximum Gasteiger partial charge on any atom is 0.255 e. The maximum absolute atomic E-state index is 12.5. The van der Waals surface area contributed by atoms with Crippen molar-refractivity contribution in [1.29, 1.82) is 0 Å². The van der Waals surface area contributed by atoms with Crippen molar-refractivity contribution < 1.29 is 9.59 Å². The van der Waals surface area contributed by atoms with E-state index in [1.165, 1.54) is 0 Å². The summed E-state index contributed by atoms with van der Waals surface area (Å²) >= 11 is 6.05. The van der Waals surface area contributed by atoms with E-state index in [2.05, 4.69) is 5.32 Å². The van der Waals surface area contributed by atoms with Gasteiger partial charge in [-0.05, 0) is 48.9 Å². The van der Waals surface area contributed by atoms with E-state index in [-0.39, 0.29) is 11.8 Å². The molecule has 1 aliphatic heterocycles. The number of nitrogens with one attached hydrogen (secondary N) is 1. The van der Waals surface area contributed by atoms with Gasteiger partial charge in [0, 0.05) is 43.3 Å². The van der Waals surface area contributed by atoms with E-state index in [4.69, 9.17) is 11.6 Å². The lowest BCUT2D eigenvalue weighted by Gasteiger charge is -2.19. The maximum atomic E-state index is 12.5. The van der Waals surface area contributed by atoms with Crippen LogP contribution >= 0.6 is 11.6 Å². The summed E-state index contributed by atoms with van der Waals surface area (Å²) in [5.74, 6) is -0.0866. The van der Waals surface area contributed by atoms with Crippen molar-refractivity contribution in [3.05, 3.63) is 53.1 Å². The fourth-order valence-electron chi connectivity index (χ4n) is 2.91. The predicted octanol–water partition coefficient (Wildman–Crippen LogP) is 3.79. The van der Waals surface area contributed by atoms with Crippen LogP contribution in [0.25, 0.3) is 0 Å². The van der Waals surface area contributed by atoms with Crippen molar-refractivity contribution in [1.82, 2.24) is 0 Å². The molecule has 0 unspecified atom stereocenters. The summed E-state index contributed by atoms with van der Waals surface area (Å²) in [5.41, 5.74) is 2.88. The third-order valence-electron chi connectivity index (χ3n) is 4.20. The molecular formula is C19H20ClN3O2. The minimum absolute atomic E-state index is 0.131. The molecule has 2 aromatic carbocycles. The van der Waals surface area contributed by atoms with E-state index < -0.39 is 0 Å². The van der Waals surface area contributed by atoms with Crippen LogP contribution in [0.3, 0.4) is 0 Å². The number of benzene rings is 2. The molecule has 25 heavy (non-hydrogen) atoms. The average molecular weight is 358 g/mol. The van der Waals surface area contributed by atoms with Gasteiger partial charge in [0.05, 0.1) is 11.4 Å². The molecule has 1 saturated heterocycles. The fourth-order valence-corrected chi connectivity index (χ4v) is 3.08. The Hall–Kier alpha value is -2.53. The summed E-state index contributed by atoms with van der Waals surface area (Å²) < 4.78 is 0. The van der Waals surface area contributed by atoms with Crippen LogP contribution in [0.15, 0.2) is 42.5 Å². The highest BCUT2D eigenvalue weighted by Crippen LogP contribution is 2.28. The molecule has 0 bridgehead atoms. The molecule has 0 spiro atoms. The van der Waals surface area contributed by atoms with E-state index in [1.807, 2.05) is 37.2 Å². The van der Waals surface area contributed by atoms with Gasteiger partial charge in [-0.3, -0.25) is 9.59 Å².